The average molecular weight is 460 g/mol. The van der Waals surface area contributed by atoms with Crippen LogP contribution in [0.4, 0.5) is 0 Å². The van der Waals surface area contributed by atoms with Crippen LogP contribution in [0.1, 0.15) is 38.7 Å². The molecule has 3 aromatic rings. The Bertz CT molecular complexity index is 1160. The van der Waals surface area contributed by atoms with Crippen LogP contribution in [0.2, 0.25) is 0 Å². The van der Waals surface area contributed by atoms with Gasteiger partial charge < -0.3 is 19.8 Å². The summed E-state index contributed by atoms with van der Waals surface area (Å²) in [5.41, 5.74) is 0.943. The van der Waals surface area contributed by atoms with Crippen molar-refractivity contribution in [2.45, 2.75) is 46.1 Å². The van der Waals surface area contributed by atoms with Gasteiger partial charge in [0.2, 0.25) is 5.91 Å². The van der Waals surface area contributed by atoms with Crippen molar-refractivity contribution in [1.82, 2.24) is 14.9 Å². The monoisotopic (exact) mass is 459 g/mol. The second-order valence-corrected chi connectivity index (χ2v) is 8.17. The highest BCUT2D eigenvalue weighted by Gasteiger charge is 2.09. The maximum absolute atomic E-state index is 12.4. The van der Waals surface area contributed by atoms with Crippen molar-refractivity contribution in [1.29, 1.82) is 0 Å². The largest absolute Gasteiger partial charge is 0.490 e. The molecule has 0 aliphatic rings. The predicted molar refractivity (Wildman–Crippen MR) is 126 cm³/mol. The molecule has 0 saturated heterocycles. The van der Waals surface area contributed by atoms with Crippen molar-refractivity contribution < 1.29 is 14.3 Å². The summed E-state index contributed by atoms with van der Waals surface area (Å²) in [6.07, 6.45) is 2.20. The zero-order valence-electron chi connectivity index (χ0n) is 18.4. The van der Waals surface area contributed by atoms with Crippen molar-refractivity contribution in [3.63, 3.8) is 0 Å². The van der Waals surface area contributed by atoms with Crippen LogP contribution in [-0.2, 0) is 17.8 Å². The van der Waals surface area contributed by atoms with Gasteiger partial charge in [0.15, 0.2) is 11.5 Å². The minimum Gasteiger partial charge on any atom is -0.490 e. The summed E-state index contributed by atoms with van der Waals surface area (Å²) in [6, 6.07) is 7.53. The van der Waals surface area contributed by atoms with E-state index in [1.807, 2.05) is 32.0 Å². The number of fused-ring (bicyclic) bond motifs is 1. The van der Waals surface area contributed by atoms with E-state index in [-0.39, 0.29) is 11.5 Å². The lowest BCUT2D eigenvalue weighted by Crippen LogP contribution is -2.34. The Kier molecular flexibility index (Phi) is 8.49. The third-order valence-electron chi connectivity index (χ3n) is 4.97. The highest BCUT2D eigenvalue weighted by Crippen LogP contribution is 2.28. The fourth-order valence-corrected chi connectivity index (χ4v) is 4.21. The van der Waals surface area contributed by atoms with Gasteiger partial charge in [0.25, 0.3) is 5.56 Å². The molecule has 1 aromatic carbocycles. The summed E-state index contributed by atoms with van der Waals surface area (Å²) >= 11 is 1.31. The molecule has 0 aliphatic carbocycles. The molecule has 1 amide bonds. The van der Waals surface area contributed by atoms with E-state index in [1.54, 1.807) is 11.4 Å². The molecule has 0 unspecified atom stereocenters. The molecular formula is C23H29N3O5S. The maximum atomic E-state index is 12.4. The number of ether oxygens (including phenoxy) is 2. The van der Waals surface area contributed by atoms with Gasteiger partial charge in [-0.1, -0.05) is 6.07 Å². The van der Waals surface area contributed by atoms with Crippen molar-refractivity contribution >= 4 is 27.5 Å². The highest BCUT2D eigenvalue weighted by molar-refractivity contribution is 7.17. The number of aromatic amines is 1. The Morgan fingerprint density at radius 1 is 1.09 bits per heavy atom. The van der Waals surface area contributed by atoms with Gasteiger partial charge >= 0.3 is 5.69 Å². The molecular weight excluding hydrogens is 430 g/mol. The zero-order chi connectivity index (χ0) is 22.9. The van der Waals surface area contributed by atoms with E-state index in [1.165, 1.54) is 15.9 Å². The number of amides is 1. The summed E-state index contributed by atoms with van der Waals surface area (Å²) in [6.45, 7) is 5.79. The first-order chi connectivity index (χ1) is 15.5. The fraction of sp³-hybridized carbons (Fsp3) is 0.435. The molecule has 9 heteroatoms. The van der Waals surface area contributed by atoms with E-state index in [0.717, 1.165) is 11.3 Å². The third-order valence-corrected chi connectivity index (χ3v) is 5.87. The van der Waals surface area contributed by atoms with Crippen LogP contribution >= 0.6 is 11.3 Å². The molecule has 0 fully saturated rings. The lowest BCUT2D eigenvalue weighted by atomic mass is 10.1. The summed E-state index contributed by atoms with van der Waals surface area (Å²) in [4.78, 5) is 39.3. The molecule has 3 rings (SSSR count). The first-order valence-electron chi connectivity index (χ1n) is 10.9. The van der Waals surface area contributed by atoms with Crippen LogP contribution in [0, 0.1) is 0 Å². The number of thiophene rings is 1. The molecule has 0 atom stereocenters. The predicted octanol–water partition coefficient (Wildman–Crippen LogP) is 3.08. The molecule has 2 aromatic heterocycles. The molecule has 0 bridgehead atoms. The number of nitrogens with zero attached hydrogens (tertiary/aromatic N) is 1. The van der Waals surface area contributed by atoms with Crippen molar-refractivity contribution in [3.05, 3.63) is 56.0 Å². The number of hydrogen-bond acceptors (Lipinski definition) is 6. The summed E-state index contributed by atoms with van der Waals surface area (Å²) in [5, 5.41) is 4.70. The summed E-state index contributed by atoms with van der Waals surface area (Å²) < 4.78 is 13.0. The second-order valence-electron chi connectivity index (χ2n) is 7.25. The lowest BCUT2D eigenvalue weighted by Gasteiger charge is -2.12. The number of unbranched alkanes of at least 4 members (excludes halogenated alkanes) is 1. The quantitative estimate of drug-likeness (QED) is 0.405. The minimum atomic E-state index is -0.410. The normalized spacial score (nSPS) is 10.9. The molecule has 8 nitrogen and oxygen atoms in total. The Morgan fingerprint density at radius 3 is 2.66 bits per heavy atom. The maximum Gasteiger partial charge on any atom is 0.328 e. The van der Waals surface area contributed by atoms with Gasteiger partial charge in [-0.25, -0.2) is 4.79 Å². The molecule has 172 valence electrons. The summed E-state index contributed by atoms with van der Waals surface area (Å²) in [5.74, 6) is 1.39. The van der Waals surface area contributed by atoms with Gasteiger partial charge in [-0.05, 0) is 62.3 Å². The van der Waals surface area contributed by atoms with Gasteiger partial charge in [0.1, 0.15) is 4.70 Å². The van der Waals surface area contributed by atoms with Crippen LogP contribution in [-0.4, -0.2) is 35.2 Å². The van der Waals surface area contributed by atoms with Crippen LogP contribution in [0.5, 0.6) is 11.5 Å². The molecule has 0 radical (unpaired) electrons. The first-order valence-corrected chi connectivity index (χ1v) is 11.8. The van der Waals surface area contributed by atoms with Crippen molar-refractivity contribution in [3.8, 4) is 11.5 Å². The highest BCUT2D eigenvalue weighted by atomic mass is 32.1. The van der Waals surface area contributed by atoms with E-state index in [4.69, 9.17) is 9.47 Å². The molecule has 0 saturated carbocycles. The van der Waals surface area contributed by atoms with E-state index < -0.39 is 5.69 Å². The topological polar surface area (TPSA) is 102 Å². The minimum absolute atomic E-state index is 0.0454. The van der Waals surface area contributed by atoms with Crippen molar-refractivity contribution in [2.75, 3.05) is 19.8 Å². The Hall–Kier alpha value is -3.07. The van der Waals surface area contributed by atoms with Gasteiger partial charge in [0, 0.05) is 19.5 Å². The van der Waals surface area contributed by atoms with Crippen LogP contribution < -0.4 is 26.0 Å². The second kappa shape index (κ2) is 11.5. The number of nitrogens with one attached hydrogen (secondary N) is 2. The Labute approximate surface area is 190 Å². The number of carbonyl (C=O) groups is 1. The molecule has 2 N–H and O–H groups in total. The molecule has 2 heterocycles. The average Bonchev–Trinajstić information content (AvgIpc) is 3.24. The van der Waals surface area contributed by atoms with Crippen molar-refractivity contribution in [2.24, 2.45) is 0 Å². The van der Waals surface area contributed by atoms with Crippen LogP contribution in [0.15, 0.2) is 39.2 Å². The number of aromatic nitrogens is 2. The number of benzene rings is 1. The molecule has 0 aliphatic heterocycles. The lowest BCUT2D eigenvalue weighted by molar-refractivity contribution is -0.121. The van der Waals surface area contributed by atoms with Gasteiger partial charge in [0.05, 0.1) is 18.7 Å². The smallest absolute Gasteiger partial charge is 0.328 e. The van der Waals surface area contributed by atoms with E-state index in [0.29, 0.717) is 68.0 Å². The molecule has 0 spiro atoms. The van der Waals surface area contributed by atoms with E-state index in [2.05, 4.69) is 10.3 Å². The van der Waals surface area contributed by atoms with Gasteiger partial charge in [-0.3, -0.25) is 14.2 Å². The van der Waals surface area contributed by atoms with Crippen LogP contribution in [0.25, 0.3) is 10.2 Å². The van der Waals surface area contributed by atoms with Gasteiger partial charge in [-0.2, -0.15) is 0 Å². The number of carbonyl (C=O) groups excluding carboxylic acids is 1. The first kappa shape index (κ1) is 23.6. The zero-order valence-corrected chi connectivity index (χ0v) is 19.3. The SMILES string of the molecule is CCOc1ccc(CCNC(=O)CCCCn2c(=O)[nH]c3ccsc3c2=O)cc1OCC. The fourth-order valence-electron chi connectivity index (χ4n) is 3.42. The number of hydrogen-bond donors (Lipinski definition) is 2. The van der Waals surface area contributed by atoms with Gasteiger partial charge in [-0.15, -0.1) is 11.3 Å². The number of H-pyrrole nitrogens is 1. The molecule has 32 heavy (non-hydrogen) atoms. The standard InChI is InChI=1S/C23H29N3O5S/c1-3-30-18-9-8-16(15-19(18)31-4-2)10-12-24-20(27)7-5-6-13-26-22(28)21-17(11-14-32-21)25-23(26)29/h8-9,11,14-15H,3-7,10,12-13H2,1-2H3,(H,24,27)(H,25,29). The Balaban J connectivity index is 1.42. The summed E-state index contributed by atoms with van der Waals surface area (Å²) in [7, 11) is 0. The van der Waals surface area contributed by atoms with Crippen LogP contribution in [0.3, 0.4) is 0 Å². The third kappa shape index (κ3) is 6.00. The van der Waals surface area contributed by atoms with E-state index >= 15 is 0 Å². The van der Waals surface area contributed by atoms with E-state index in [9.17, 15) is 14.4 Å². The number of rotatable bonds is 12. The Morgan fingerprint density at radius 2 is 1.88 bits per heavy atom.